The monoisotopic (exact) mass is 616 g/mol. The van der Waals surface area contributed by atoms with E-state index in [-0.39, 0.29) is 23.7 Å². The number of nitrogens with zero attached hydrogens (tertiary/aromatic N) is 2. The number of amides is 1. The Morgan fingerprint density at radius 1 is 0.902 bits per heavy atom. The van der Waals surface area contributed by atoms with Crippen molar-refractivity contribution in [3.05, 3.63) is 99.5 Å². The maximum atomic E-state index is 13.1. The molecule has 1 N–H and O–H groups in total. The zero-order valence-electron chi connectivity index (χ0n) is 23.5. The van der Waals surface area contributed by atoms with Gasteiger partial charge in [0, 0.05) is 38.0 Å². The van der Waals surface area contributed by atoms with E-state index < -0.39 is 5.60 Å². The molecule has 0 radical (unpaired) electrons. The van der Waals surface area contributed by atoms with Crippen LogP contribution >= 0.6 is 35.6 Å². The molecule has 220 valence electrons. The van der Waals surface area contributed by atoms with Gasteiger partial charge in [-0.15, -0.1) is 12.4 Å². The topological polar surface area (TPSA) is 53.0 Å². The number of carbonyl (C=O) groups excluding carboxylic acids is 1. The van der Waals surface area contributed by atoms with E-state index in [0.29, 0.717) is 29.6 Å². The van der Waals surface area contributed by atoms with Crippen LogP contribution in [-0.2, 0) is 22.4 Å². The molecular formula is C33H39Cl3N2O3. The maximum Gasteiger partial charge on any atom is 0.222 e. The number of benzene rings is 3. The van der Waals surface area contributed by atoms with E-state index in [0.717, 1.165) is 74.2 Å². The highest BCUT2D eigenvalue weighted by molar-refractivity contribution is 6.42. The van der Waals surface area contributed by atoms with Gasteiger partial charge in [-0.2, -0.15) is 0 Å². The van der Waals surface area contributed by atoms with Crippen LogP contribution in [0.1, 0.15) is 55.2 Å². The Kier molecular flexibility index (Phi) is 10.6. The molecule has 0 aromatic heterocycles. The summed E-state index contributed by atoms with van der Waals surface area (Å²) in [5.74, 6) is 0.966. The van der Waals surface area contributed by atoms with Crippen molar-refractivity contribution >= 4 is 41.5 Å². The fourth-order valence-corrected chi connectivity index (χ4v) is 6.70. The average Bonchev–Trinajstić information content (AvgIpc) is 2.98. The zero-order valence-corrected chi connectivity index (χ0v) is 25.9. The number of halogens is 3. The Balaban J connectivity index is 0.00000387. The van der Waals surface area contributed by atoms with E-state index in [1.165, 1.54) is 0 Å². The van der Waals surface area contributed by atoms with Crippen molar-refractivity contribution in [3.8, 4) is 5.75 Å². The fraction of sp³-hybridized carbons (Fsp3) is 0.424. The van der Waals surface area contributed by atoms with Crippen LogP contribution in [0.5, 0.6) is 5.75 Å². The van der Waals surface area contributed by atoms with E-state index in [9.17, 15) is 9.90 Å². The number of carbonyl (C=O) groups is 1. The van der Waals surface area contributed by atoms with Gasteiger partial charge in [-0.25, -0.2) is 0 Å². The van der Waals surface area contributed by atoms with Crippen LogP contribution in [0.25, 0.3) is 0 Å². The number of hydrogen-bond acceptors (Lipinski definition) is 4. The Labute approximate surface area is 259 Å². The minimum atomic E-state index is -0.747. The lowest BCUT2D eigenvalue weighted by atomic mass is 9.70. The van der Waals surface area contributed by atoms with Crippen LogP contribution in [0.4, 0.5) is 0 Å². The first-order valence-electron chi connectivity index (χ1n) is 14.2. The van der Waals surface area contributed by atoms with Gasteiger partial charge >= 0.3 is 0 Å². The standard InChI is InChI=1S/C33H38Cl2N2O3.ClH/c1-40-28-10-5-7-25(21-28)23-37-24-32(15-13-31(37)38,27-11-12-29(34)30(35)22-27)14-6-18-36-19-16-33(39,17-20-36)26-8-3-2-4-9-26;/h2-5,7-12,21-22,39H,6,13-20,23-24H2,1H3;1H. The van der Waals surface area contributed by atoms with Crippen molar-refractivity contribution in [2.24, 2.45) is 0 Å². The zero-order chi connectivity index (χ0) is 28.2. The van der Waals surface area contributed by atoms with E-state index in [2.05, 4.69) is 11.0 Å². The molecular weight excluding hydrogens is 579 g/mol. The Bertz CT molecular complexity index is 1310. The van der Waals surface area contributed by atoms with Crippen LogP contribution in [0.15, 0.2) is 72.8 Å². The Morgan fingerprint density at radius 3 is 2.37 bits per heavy atom. The van der Waals surface area contributed by atoms with Gasteiger partial charge in [0.1, 0.15) is 5.75 Å². The lowest BCUT2D eigenvalue weighted by Crippen LogP contribution is -2.49. The second-order valence-electron chi connectivity index (χ2n) is 11.4. The van der Waals surface area contributed by atoms with Crippen LogP contribution in [0.2, 0.25) is 10.0 Å². The first-order chi connectivity index (χ1) is 19.3. The average molecular weight is 618 g/mol. The van der Waals surface area contributed by atoms with Gasteiger partial charge in [0.15, 0.2) is 0 Å². The van der Waals surface area contributed by atoms with Crippen molar-refractivity contribution < 1.29 is 14.6 Å². The third kappa shape index (κ3) is 7.39. The molecule has 41 heavy (non-hydrogen) atoms. The molecule has 1 amide bonds. The predicted molar refractivity (Wildman–Crippen MR) is 168 cm³/mol. The molecule has 8 heteroatoms. The maximum absolute atomic E-state index is 13.1. The van der Waals surface area contributed by atoms with E-state index >= 15 is 0 Å². The first-order valence-corrected chi connectivity index (χ1v) is 14.9. The number of rotatable bonds is 9. The van der Waals surface area contributed by atoms with E-state index in [1.54, 1.807) is 7.11 Å². The molecule has 5 nitrogen and oxygen atoms in total. The number of aliphatic hydroxyl groups is 1. The van der Waals surface area contributed by atoms with Gasteiger partial charge in [0.05, 0.1) is 22.8 Å². The van der Waals surface area contributed by atoms with Crippen molar-refractivity contribution in [2.75, 3.05) is 33.3 Å². The van der Waals surface area contributed by atoms with Crippen LogP contribution < -0.4 is 4.74 Å². The third-order valence-electron chi connectivity index (χ3n) is 8.83. The summed E-state index contributed by atoms with van der Waals surface area (Å²) in [4.78, 5) is 17.6. The van der Waals surface area contributed by atoms with Crippen LogP contribution in [0, 0.1) is 0 Å². The Morgan fingerprint density at radius 2 is 1.66 bits per heavy atom. The minimum absolute atomic E-state index is 0. The van der Waals surface area contributed by atoms with Gasteiger partial charge < -0.3 is 19.6 Å². The molecule has 2 aliphatic rings. The summed E-state index contributed by atoms with van der Waals surface area (Å²) < 4.78 is 5.40. The van der Waals surface area contributed by atoms with Gasteiger partial charge in [0.25, 0.3) is 0 Å². The lowest BCUT2D eigenvalue weighted by Gasteiger charge is -2.44. The molecule has 2 fully saturated rings. The van der Waals surface area contributed by atoms with Crippen LogP contribution in [0.3, 0.4) is 0 Å². The SMILES string of the molecule is COc1cccc(CN2CC(CCCN3CCC(O)(c4ccccc4)CC3)(c3ccc(Cl)c(Cl)c3)CCC2=O)c1.Cl. The van der Waals surface area contributed by atoms with Crippen molar-refractivity contribution in [3.63, 3.8) is 0 Å². The fourth-order valence-electron chi connectivity index (χ4n) is 6.41. The van der Waals surface area contributed by atoms with E-state index in [4.69, 9.17) is 27.9 Å². The molecule has 0 spiro atoms. The molecule has 1 unspecified atom stereocenters. The van der Waals surface area contributed by atoms with Crippen molar-refractivity contribution in [1.82, 2.24) is 9.80 Å². The predicted octanol–water partition coefficient (Wildman–Crippen LogP) is 7.25. The first kappa shape index (κ1) is 31.7. The molecule has 3 aromatic rings. The number of likely N-dealkylation sites (tertiary alicyclic amines) is 2. The van der Waals surface area contributed by atoms with E-state index in [1.807, 2.05) is 71.6 Å². The molecule has 0 bridgehead atoms. The Hall–Kier alpha value is -2.28. The molecule has 1 atom stereocenters. The summed E-state index contributed by atoms with van der Waals surface area (Å²) in [5, 5.41) is 12.3. The van der Waals surface area contributed by atoms with Crippen molar-refractivity contribution in [2.45, 2.75) is 56.1 Å². The van der Waals surface area contributed by atoms with Crippen molar-refractivity contribution in [1.29, 1.82) is 0 Å². The quantitative estimate of drug-likeness (QED) is 0.275. The molecule has 2 heterocycles. The van der Waals surface area contributed by atoms with Crippen LogP contribution in [-0.4, -0.2) is 54.1 Å². The largest absolute Gasteiger partial charge is 0.497 e. The summed E-state index contributed by atoms with van der Waals surface area (Å²) in [6.45, 7) is 3.87. The molecule has 0 aliphatic carbocycles. The normalized spacial score (nSPS) is 20.9. The molecule has 0 saturated carbocycles. The summed E-state index contributed by atoms with van der Waals surface area (Å²) in [6, 6.07) is 23.9. The second kappa shape index (κ2) is 13.8. The molecule has 3 aromatic carbocycles. The highest BCUT2D eigenvalue weighted by atomic mass is 35.5. The number of hydrogen-bond donors (Lipinski definition) is 1. The summed E-state index contributed by atoms with van der Waals surface area (Å²) >= 11 is 12.8. The molecule has 5 rings (SSSR count). The molecule has 2 aliphatic heterocycles. The second-order valence-corrected chi connectivity index (χ2v) is 12.2. The lowest BCUT2D eigenvalue weighted by molar-refractivity contribution is -0.136. The summed E-state index contributed by atoms with van der Waals surface area (Å²) in [6.07, 6.45) is 4.68. The summed E-state index contributed by atoms with van der Waals surface area (Å²) in [5.41, 5.74) is 2.25. The van der Waals surface area contributed by atoms with Gasteiger partial charge in [0.2, 0.25) is 5.91 Å². The number of methoxy groups -OCH3 is 1. The number of ether oxygens (including phenoxy) is 1. The number of piperidine rings is 2. The summed E-state index contributed by atoms with van der Waals surface area (Å²) in [7, 11) is 1.66. The minimum Gasteiger partial charge on any atom is -0.497 e. The smallest absolute Gasteiger partial charge is 0.222 e. The highest BCUT2D eigenvalue weighted by Gasteiger charge is 2.40. The highest BCUT2D eigenvalue weighted by Crippen LogP contribution is 2.41. The van der Waals surface area contributed by atoms with Gasteiger partial charge in [-0.1, -0.05) is 71.7 Å². The third-order valence-corrected chi connectivity index (χ3v) is 9.57. The molecule has 2 saturated heterocycles. The van der Waals surface area contributed by atoms with Gasteiger partial charge in [-0.05, 0) is 79.6 Å². The van der Waals surface area contributed by atoms with Gasteiger partial charge in [-0.3, -0.25) is 4.79 Å².